The number of furan rings is 1. The predicted octanol–water partition coefficient (Wildman–Crippen LogP) is 3.42. The number of benzene rings is 1. The molecule has 6 nitrogen and oxygen atoms in total. The Hall–Kier alpha value is -2.12. The first kappa shape index (κ1) is 15.8. The van der Waals surface area contributed by atoms with Gasteiger partial charge in [-0.1, -0.05) is 23.4 Å². The van der Waals surface area contributed by atoms with E-state index in [1.165, 1.54) is 11.4 Å². The highest BCUT2D eigenvalue weighted by molar-refractivity contribution is 7.89. The Balaban J connectivity index is 2.00. The average Bonchev–Trinajstić information content (AvgIpc) is 3.09. The summed E-state index contributed by atoms with van der Waals surface area (Å²) in [6.45, 7) is 4.99. The molecule has 0 spiro atoms. The molecule has 1 atom stereocenters. The SMILES string of the molecule is Cc1noc(C)c1S(=O)(=O)N(C)[C@H](C)c1cc2ccccc2o1. The number of aryl methyl sites for hydroxylation is 2. The summed E-state index contributed by atoms with van der Waals surface area (Å²) in [4.78, 5) is 0.114. The Bertz CT molecular complexity index is 903. The number of aromatic nitrogens is 1. The average molecular weight is 334 g/mol. The highest BCUT2D eigenvalue weighted by Gasteiger charge is 2.33. The molecule has 0 bridgehead atoms. The van der Waals surface area contributed by atoms with Gasteiger partial charge in [0.15, 0.2) is 5.76 Å². The lowest BCUT2D eigenvalue weighted by molar-refractivity contribution is 0.346. The topological polar surface area (TPSA) is 76.6 Å². The minimum Gasteiger partial charge on any atom is -0.459 e. The molecular weight excluding hydrogens is 316 g/mol. The monoisotopic (exact) mass is 334 g/mol. The minimum absolute atomic E-state index is 0.114. The fraction of sp³-hybridized carbons (Fsp3) is 0.312. The number of para-hydroxylation sites is 1. The van der Waals surface area contributed by atoms with Gasteiger partial charge in [-0.3, -0.25) is 0 Å². The second-order valence-corrected chi connectivity index (χ2v) is 7.47. The van der Waals surface area contributed by atoms with Crippen LogP contribution in [0, 0.1) is 13.8 Å². The lowest BCUT2D eigenvalue weighted by atomic mass is 10.2. The Kier molecular flexibility index (Phi) is 3.77. The summed E-state index contributed by atoms with van der Waals surface area (Å²) in [5, 5.41) is 4.67. The lowest BCUT2D eigenvalue weighted by Gasteiger charge is -2.22. The van der Waals surface area contributed by atoms with Crippen LogP contribution in [0.3, 0.4) is 0 Å². The second-order valence-electron chi connectivity index (χ2n) is 5.54. The van der Waals surface area contributed by atoms with Crippen LogP contribution in [0.5, 0.6) is 0 Å². The van der Waals surface area contributed by atoms with Gasteiger partial charge in [-0.05, 0) is 32.9 Å². The summed E-state index contributed by atoms with van der Waals surface area (Å²) < 4.78 is 37.7. The Morgan fingerprint density at radius 3 is 2.52 bits per heavy atom. The molecule has 0 radical (unpaired) electrons. The van der Waals surface area contributed by atoms with E-state index in [4.69, 9.17) is 8.94 Å². The van der Waals surface area contributed by atoms with Crippen LogP contribution in [0.4, 0.5) is 0 Å². The van der Waals surface area contributed by atoms with Crippen LogP contribution in [0.1, 0.15) is 30.2 Å². The van der Waals surface area contributed by atoms with Crippen molar-refractivity contribution in [2.24, 2.45) is 0 Å². The molecule has 122 valence electrons. The van der Waals surface area contributed by atoms with Crippen molar-refractivity contribution in [1.29, 1.82) is 0 Å². The summed E-state index contributed by atoms with van der Waals surface area (Å²) >= 11 is 0. The van der Waals surface area contributed by atoms with Crippen molar-refractivity contribution in [3.63, 3.8) is 0 Å². The minimum atomic E-state index is -3.72. The quantitative estimate of drug-likeness (QED) is 0.730. The molecule has 3 rings (SSSR count). The highest BCUT2D eigenvalue weighted by Crippen LogP contribution is 2.31. The molecular formula is C16H18N2O4S. The molecule has 1 aromatic carbocycles. The van der Waals surface area contributed by atoms with E-state index < -0.39 is 16.1 Å². The third-order valence-corrected chi connectivity index (χ3v) is 6.18. The Morgan fingerprint density at radius 2 is 1.91 bits per heavy atom. The van der Waals surface area contributed by atoms with Gasteiger partial charge in [-0.25, -0.2) is 8.42 Å². The first-order valence-electron chi connectivity index (χ1n) is 7.21. The van der Waals surface area contributed by atoms with Gasteiger partial charge >= 0.3 is 0 Å². The van der Waals surface area contributed by atoms with Gasteiger partial charge in [0.25, 0.3) is 0 Å². The fourth-order valence-electron chi connectivity index (χ4n) is 2.58. The summed E-state index contributed by atoms with van der Waals surface area (Å²) in [5.74, 6) is 0.871. The fourth-order valence-corrected chi connectivity index (χ4v) is 4.20. The molecule has 0 fully saturated rings. The van der Waals surface area contributed by atoms with Crippen molar-refractivity contribution >= 4 is 21.0 Å². The maximum atomic E-state index is 12.8. The molecule has 0 aliphatic heterocycles. The zero-order valence-electron chi connectivity index (χ0n) is 13.4. The second kappa shape index (κ2) is 5.50. The zero-order valence-corrected chi connectivity index (χ0v) is 14.2. The predicted molar refractivity (Wildman–Crippen MR) is 85.6 cm³/mol. The van der Waals surface area contributed by atoms with Crippen molar-refractivity contribution in [1.82, 2.24) is 9.46 Å². The largest absolute Gasteiger partial charge is 0.459 e. The van der Waals surface area contributed by atoms with Crippen LogP contribution in [-0.4, -0.2) is 24.9 Å². The maximum Gasteiger partial charge on any atom is 0.248 e. The molecule has 0 aliphatic carbocycles. The first-order valence-corrected chi connectivity index (χ1v) is 8.65. The number of nitrogens with zero attached hydrogens (tertiary/aromatic N) is 2. The van der Waals surface area contributed by atoms with Crippen LogP contribution >= 0.6 is 0 Å². The molecule has 0 aliphatic rings. The number of hydrogen-bond acceptors (Lipinski definition) is 5. The van der Waals surface area contributed by atoms with Gasteiger partial charge in [-0.15, -0.1) is 0 Å². The van der Waals surface area contributed by atoms with Gasteiger partial charge in [0.05, 0.1) is 6.04 Å². The number of hydrogen-bond donors (Lipinski definition) is 0. The Labute approximate surface area is 134 Å². The normalized spacial score (nSPS) is 13.8. The van der Waals surface area contributed by atoms with Gasteiger partial charge in [0.1, 0.15) is 21.9 Å². The highest BCUT2D eigenvalue weighted by atomic mass is 32.2. The van der Waals surface area contributed by atoms with Crippen molar-refractivity contribution < 1.29 is 17.4 Å². The van der Waals surface area contributed by atoms with Crippen molar-refractivity contribution in [2.75, 3.05) is 7.05 Å². The molecule has 0 amide bonds. The third kappa shape index (κ3) is 2.55. The van der Waals surface area contributed by atoms with E-state index in [2.05, 4.69) is 5.16 Å². The van der Waals surface area contributed by atoms with E-state index in [-0.39, 0.29) is 10.7 Å². The van der Waals surface area contributed by atoms with E-state index in [0.717, 1.165) is 11.0 Å². The molecule has 0 saturated carbocycles. The van der Waals surface area contributed by atoms with E-state index in [9.17, 15) is 8.42 Å². The van der Waals surface area contributed by atoms with Crippen LogP contribution in [0.2, 0.25) is 0 Å². The maximum absolute atomic E-state index is 12.8. The third-order valence-electron chi connectivity index (χ3n) is 4.01. The van der Waals surface area contributed by atoms with E-state index in [1.54, 1.807) is 20.8 Å². The van der Waals surface area contributed by atoms with Crippen LogP contribution in [0.15, 0.2) is 44.2 Å². The molecule has 23 heavy (non-hydrogen) atoms. The molecule has 0 saturated heterocycles. The van der Waals surface area contributed by atoms with Gasteiger partial charge in [0.2, 0.25) is 10.0 Å². The molecule has 3 aromatic rings. The number of rotatable bonds is 4. The lowest BCUT2D eigenvalue weighted by Crippen LogP contribution is -2.30. The van der Waals surface area contributed by atoms with E-state index in [1.807, 2.05) is 30.3 Å². The van der Waals surface area contributed by atoms with Crippen molar-refractivity contribution in [3.8, 4) is 0 Å². The first-order chi connectivity index (χ1) is 10.8. The molecule has 2 aromatic heterocycles. The van der Waals surface area contributed by atoms with E-state index in [0.29, 0.717) is 11.5 Å². The summed E-state index contributed by atoms with van der Waals surface area (Å²) in [6, 6.07) is 8.98. The standard InChI is InChI=1S/C16H18N2O4S/c1-10-16(12(3)22-17-10)23(19,20)18(4)11(2)15-9-13-7-5-6-8-14(13)21-15/h5-9,11H,1-4H3/t11-/m1/s1. The zero-order chi connectivity index (χ0) is 16.8. The molecule has 0 unspecified atom stereocenters. The van der Waals surface area contributed by atoms with Crippen LogP contribution < -0.4 is 0 Å². The van der Waals surface area contributed by atoms with Crippen LogP contribution in [0.25, 0.3) is 11.0 Å². The molecule has 2 heterocycles. The van der Waals surface area contributed by atoms with Crippen molar-refractivity contribution in [3.05, 3.63) is 47.5 Å². The van der Waals surface area contributed by atoms with E-state index >= 15 is 0 Å². The number of fused-ring (bicyclic) bond motifs is 1. The van der Waals surface area contributed by atoms with Gasteiger partial charge in [0, 0.05) is 12.4 Å². The summed E-state index contributed by atoms with van der Waals surface area (Å²) in [7, 11) is -2.20. The molecule has 0 N–H and O–H groups in total. The van der Waals surface area contributed by atoms with Gasteiger partial charge < -0.3 is 8.94 Å². The Morgan fingerprint density at radius 1 is 1.22 bits per heavy atom. The van der Waals surface area contributed by atoms with Gasteiger partial charge in [-0.2, -0.15) is 4.31 Å². The number of sulfonamides is 1. The molecule has 7 heteroatoms. The van der Waals surface area contributed by atoms with Crippen LogP contribution in [-0.2, 0) is 10.0 Å². The summed E-state index contributed by atoms with van der Waals surface area (Å²) in [6.07, 6.45) is 0. The van der Waals surface area contributed by atoms with Crippen molar-refractivity contribution in [2.45, 2.75) is 31.7 Å². The summed E-state index contributed by atoms with van der Waals surface area (Å²) in [5.41, 5.74) is 1.09. The smallest absolute Gasteiger partial charge is 0.248 e.